The number of rotatable bonds is 3. The summed E-state index contributed by atoms with van der Waals surface area (Å²) in [5, 5.41) is 0. The van der Waals surface area contributed by atoms with E-state index in [1.165, 1.54) is 12.5 Å². The molecular weight excluding hydrogens is 672 g/mol. The smallest absolute Gasteiger partial charge is 0.473 e. The van der Waals surface area contributed by atoms with Crippen molar-refractivity contribution in [2.24, 2.45) is 11.8 Å². The molecule has 1 aromatic rings. The van der Waals surface area contributed by atoms with Crippen LogP contribution in [0.2, 0.25) is 0 Å². The molecule has 0 aromatic carbocycles. The SMILES string of the molecule is C.C#C.C#CC.C=CC=O.O=CC1CC2C=CC1O2.O=CC1CC2CCC1O2.[CH3-].[Cl][Al]([Cl])[Cl].[HH].[Pd].c1ccoc1. The van der Waals surface area contributed by atoms with Crippen LogP contribution in [-0.2, 0) is 44.3 Å². The molecule has 0 saturated carbocycles. The molecule has 39 heavy (non-hydrogen) atoms. The summed E-state index contributed by atoms with van der Waals surface area (Å²) in [4.78, 5) is 29.7. The normalized spacial score (nSPS) is 24.1. The number of hydrogen-bond acceptors (Lipinski definition) is 6. The van der Waals surface area contributed by atoms with Gasteiger partial charge in [0.1, 0.15) is 18.9 Å². The first kappa shape index (κ1) is 47.7. The molecule has 0 spiro atoms. The molecule has 5 rings (SSSR count). The van der Waals surface area contributed by atoms with Gasteiger partial charge in [0.25, 0.3) is 0 Å². The number of ether oxygens (including phenoxy) is 2. The number of terminal acetylenes is 2. The molecule has 3 saturated heterocycles. The van der Waals surface area contributed by atoms with E-state index < -0.39 is 11.4 Å². The van der Waals surface area contributed by atoms with Gasteiger partial charge in [0.15, 0.2) is 0 Å². The second-order valence-electron chi connectivity index (χ2n) is 7.17. The summed E-state index contributed by atoms with van der Waals surface area (Å²) in [6.07, 6.45) is 28.9. The van der Waals surface area contributed by atoms with Crippen molar-refractivity contribution in [2.45, 2.75) is 64.4 Å². The minimum atomic E-state index is -1.72. The summed E-state index contributed by atoms with van der Waals surface area (Å²) in [5.41, 5.74) is 0. The van der Waals surface area contributed by atoms with Gasteiger partial charge in [-0.05, 0) is 50.8 Å². The van der Waals surface area contributed by atoms with Gasteiger partial charge in [0.05, 0.1) is 36.9 Å². The van der Waals surface area contributed by atoms with Crippen LogP contribution in [0, 0.1) is 44.5 Å². The van der Waals surface area contributed by atoms with Gasteiger partial charge in [-0.3, -0.25) is 4.79 Å². The van der Waals surface area contributed by atoms with E-state index in [2.05, 4.69) is 36.2 Å². The Hall–Kier alpha value is -1.13. The average Bonchev–Trinajstić information content (AvgIpc) is 3.73. The number of carbonyl (C=O) groups is 3. The third-order valence-electron chi connectivity index (χ3n) is 4.80. The third kappa shape index (κ3) is 24.4. The van der Waals surface area contributed by atoms with Gasteiger partial charge in [0, 0.05) is 33.7 Å². The van der Waals surface area contributed by atoms with E-state index in [1.54, 1.807) is 19.5 Å². The van der Waals surface area contributed by atoms with E-state index in [-0.39, 0.29) is 66.9 Å². The van der Waals surface area contributed by atoms with Crippen molar-refractivity contribution in [3.63, 3.8) is 0 Å². The Morgan fingerprint density at radius 2 is 1.49 bits per heavy atom. The van der Waals surface area contributed by atoms with Crippen LogP contribution in [0.25, 0.3) is 0 Å². The molecule has 224 valence electrons. The van der Waals surface area contributed by atoms with E-state index >= 15 is 0 Å². The van der Waals surface area contributed by atoms with E-state index in [4.69, 9.17) is 44.4 Å². The molecule has 3 fully saturated rings. The standard InChI is InChI=1S/C7H10O2.C7H8O2.C4H4O.C3H4O.C3H4.C2H2.CH4.CH3.Al.3ClH.Pd.H2/c2*8-4-5-3-6-1-2-7(5)9-6;1-2-4-5-3-1;1-2-3-4;1-3-2;1-2;;;;;;;;/h4-7H,1-3H2;1-2,4-7H,3H2;1-4H;2-3H,1H2;1H,2H3;1-2H;1H4;1H3;;3*1H;;1H/q;;;;;;;-1;+3;;;;;/p-3. The molecule has 0 aliphatic carbocycles. The molecule has 6 nitrogen and oxygen atoms in total. The largest absolute Gasteiger partial charge is 0.643 e. The van der Waals surface area contributed by atoms with E-state index in [0.29, 0.717) is 12.4 Å². The molecular formula is C28H41AlCl3O6Pd-. The van der Waals surface area contributed by atoms with Gasteiger partial charge in [0.2, 0.25) is 0 Å². The number of aldehydes is 3. The first-order valence-electron chi connectivity index (χ1n) is 10.9. The minimum Gasteiger partial charge on any atom is -0.473 e. The van der Waals surface area contributed by atoms with Crippen molar-refractivity contribution in [2.75, 3.05) is 0 Å². The molecule has 0 amide bonds. The fourth-order valence-electron chi connectivity index (χ4n) is 3.49. The maximum Gasteiger partial charge on any atom is 0.643 e. The fourth-order valence-corrected chi connectivity index (χ4v) is 3.49. The van der Waals surface area contributed by atoms with Gasteiger partial charge in [-0.15, -0.1) is 25.2 Å². The van der Waals surface area contributed by atoms with Crippen LogP contribution >= 0.6 is 30.1 Å². The van der Waals surface area contributed by atoms with Crippen LogP contribution in [0.1, 0.15) is 41.5 Å². The van der Waals surface area contributed by atoms with Crippen LogP contribution in [-0.4, -0.2) is 54.7 Å². The molecule has 4 aliphatic heterocycles. The first-order chi connectivity index (χ1) is 17.4. The number of halogens is 3. The summed E-state index contributed by atoms with van der Waals surface area (Å²) in [6, 6.07) is 3.67. The number of fused-ring (bicyclic) bond motifs is 4. The topological polar surface area (TPSA) is 82.8 Å². The van der Waals surface area contributed by atoms with E-state index in [0.717, 1.165) is 31.8 Å². The van der Waals surface area contributed by atoms with Crippen LogP contribution in [0.4, 0.5) is 0 Å². The van der Waals surface area contributed by atoms with Crippen molar-refractivity contribution >= 4 is 60.4 Å². The maximum absolute atomic E-state index is 10.3. The van der Waals surface area contributed by atoms with Gasteiger partial charge in [-0.25, -0.2) is 30.1 Å². The molecule has 6 atom stereocenters. The summed E-state index contributed by atoms with van der Waals surface area (Å²) in [7, 11) is 14.8. The molecule has 0 N–H and O–H groups in total. The Morgan fingerprint density at radius 3 is 1.67 bits per heavy atom. The zero-order chi connectivity index (χ0) is 27.8. The Bertz CT molecular complexity index is 780. The number of hydrogen-bond donors (Lipinski definition) is 0. The van der Waals surface area contributed by atoms with Gasteiger partial charge in [-0.2, -0.15) is 0 Å². The summed E-state index contributed by atoms with van der Waals surface area (Å²) in [6.45, 7) is 4.76. The Kier molecular flexibility index (Phi) is 40.4. The Labute approximate surface area is 267 Å². The zero-order valence-corrected chi connectivity index (χ0v) is 26.5. The predicted octanol–water partition coefficient (Wildman–Crippen LogP) is 6.84. The van der Waals surface area contributed by atoms with Gasteiger partial charge >= 0.3 is 11.4 Å². The second kappa shape index (κ2) is 33.1. The molecule has 6 unspecified atom stereocenters. The van der Waals surface area contributed by atoms with Crippen LogP contribution in [0.5, 0.6) is 0 Å². The molecule has 11 heteroatoms. The maximum atomic E-state index is 10.3. The quantitative estimate of drug-likeness (QED) is 0.0853. The van der Waals surface area contributed by atoms with Crippen molar-refractivity contribution < 1.29 is 50.1 Å². The second-order valence-corrected chi connectivity index (χ2v) is 13.6. The van der Waals surface area contributed by atoms with Crippen LogP contribution < -0.4 is 0 Å². The van der Waals surface area contributed by atoms with Crippen LogP contribution in [0.3, 0.4) is 0 Å². The zero-order valence-electron chi connectivity index (χ0n) is 21.5. The Morgan fingerprint density at radius 1 is 1.00 bits per heavy atom. The molecule has 4 bridgehead atoms. The summed E-state index contributed by atoms with van der Waals surface area (Å²) < 4.78 is 15.4. The number of allylic oxidation sites excluding steroid dienone is 1. The monoisotopic (exact) mass is 711 g/mol. The van der Waals surface area contributed by atoms with Gasteiger partial charge in [-0.1, -0.05) is 26.2 Å². The molecule has 5 heterocycles. The van der Waals surface area contributed by atoms with Crippen molar-refractivity contribution in [1.82, 2.24) is 0 Å². The first-order valence-corrected chi connectivity index (χ1v) is 16.2. The average molecular weight is 713 g/mol. The van der Waals surface area contributed by atoms with E-state index in [1.807, 2.05) is 24.3 Å². The van der Waals surface area contributed by atoms with Crippen LogP contribution in [0.15, 0.2) is 53.9 Å². The molecule has 0 radical (unpaired) electrons. The summed E-state index contributed by atoms with van der Waals surface area (Å²) >= 11 is -1.72. The fraction of sp³-hybridized carbons (Fsp3) is 0.429. The number of furan rings is 1. The summed E-state index contributed by atoms with van der Waals surface area (Å²) in [5.74, 6) is 2.61. The molecule has 4 aliphatic rings. The number of carbonyl (C=O) groups excluding carboxylic acids is 3. The van der Waals surface area contributed by atoms with Gasteiger partial charge < -0.3 is 30.9 Å². The van der Waals surface area contributed by atoms with Crippen molar-refractivity contribution in [3.8, 4) is 25.2 Å². The Balaban J connectivity index is -0.0000000880. The predicted molar refractivity (Wildman–Crippen MR) is 162 cm³/mol. The third-order valence-corrected chi connectivity index (χ3v) is 4.80. The van der Waals surface area contributed by atoms with Crippen molar-refractivity contribution in [1.29, 1.82) is 0 Å². The minimum absolute atomic E-state index is 0. The van der Waals surface area contributed by atoms with Crippen molar-refractivity contribution in [3.05, 3.63) is 56.9 Å². The van der Waals surface area contributed by atoms with E-state index in [9.17, 15) is 9.59 Å². The molecule has 1 aromatic heterocycles.